The fourth-order valence-electron chi connectivity index (χ4n) is 2.24. The lowest BCUT2D eigenvalue weighted by atomic mass is 10.2. The molecule has 0 radical (unpaired) electrons. The number of anilines is 1. The maximum absolute atomic E-state index is 12.4. The molecule has 146 valence electrons. The summed E-state index contributed by atoms with van der Waals surface area (Å²) in [6.07, 6.45) is 3.13. The van der Waals surface area contributed by atoms with Crippen molar-refractivity contribution in [2.45, 2.75) is 11.8 Å². The molecule has 1 N–H and O–H groups in total. The predicted molar refractivity (Wildman–Crippen MR) is 98.7 cm³/mol. The third kappa shape index (κ3) is 5.19. The molecule has 2 heterocycles. The first-order valence-electron chi connectivity index (χ1n) is 7.97. The summed E-state index contributed by atoms with van der Waals surface area (Å²) in [7, 11) is 1.32. The minimum atomic E-state index is -2.97. The highest BCUT2D eigenvalue weighted by Crippen LogP contribution is 2.31. The molecule has 0 unspecified atom stereocenters. The summed E-state index contributed by atoms with van der Waals surface area (Å²) < 4.78 is 39.4. The van der Waals surface area contributed by atoms with Crippen molar-refractivity contribution in [3.05, 3.63) is 48.9 Å². The Kier molecular flexibility index (Phi) is 6.43. The minimum absolute atomic E-state index is 0.0548. The van der Waals surface area contributed by atoms with Gasteiger partial charge in [0, 0.05) is 18.0 Å². The molecule has 1 amide bonds. The van der Waals surface area contributed by atoms with Crippen LogP contribution in [0.5, 0.6) is 11.5 Å². The van der Waals surface area contributed by atoms with E-state index >= 15 is 0 Å². The first kappa shape index (κ1) is 19.6. The van der Waals surface area contributed by atoms with Gasteiger partial charge < -0.3 is 19.2 Å². The Hall–Kier alpha value is -3.14. The van der Waals surface area contributed by atoms with E-state index in [2.05, 4.69) is 20.0 Å². The number of hydrogen-bond acceptors (Lipinski definition) is 7. The number of methoxy groups -OCH3 is 1. The third-order valence-electron chi connectivity index (χ3n) is 3.40. The number of halogens is 2. The quantitative estimate of drug-likeness (QED) is 0.445. The number of furan rings is 1. The summed E-state index contributed by atoms with van der Waals surface area (Å²) >= 11 is 1.15. The van der Waals surface area contributed by atoms with Gasteiger partial charge in [-0.2, -0.15) is 8.78 Å². The first-order valence-corrected chi connectivity index (χ1v) is 8.96. The van der Waals surface area contributed by atoms with Gasteiger partial charge in [0.1, 0.15) is 5.69 Å². The van der Waals surface area contributed by atoms with Crippen molar-refractivity contribution in [3.8, 4) is 23.0 Å². The number of carbonyl (C=O) groups excluding carboxylic acids is 1. The second-order valence-electron chi connectivity index (χ2n) is 5.28. The molecule has 28 heavy (non-hydrogen) atoms. The number of rotatable bonds is 8. The lowest BCUT2D eigenvalue weighted by Crippen LogP contribution is -2.14. The van der Waals surface area contributed by atoms with Gasteiger partial charge in [0.05, 0.1) is 19.1 Å². The second-order valence-corrected chi connectivity index (χ2v) is 6.23. The SMILES string of the molecule is COc1cc(NC(=O)CSc2nccc(-c3ccco3)n2)ccc1OC(F)F. The van der Waals surface area contributed by atoms with Crippen LogP contribution in [0.2, 0.25) is 0 Å². The summed E-state index contributed by atoms with van der Waals surface area (Å²) in [6.45, 7) is -2.97. The fourth-order valence-corrected chi connectivity index (χ4v) is 2.87. The number of carbonyl (C=O) groups is 1. The van der Waals surface area contributed by atoms with Gasteiger partial charge in [-0.15, -0.1) is 0 Å². The highest BCUT2D eigenvalue weighted by molar-refractivity contribution is 7.99. The smallest absolute Gasteiger partial charge is 0.387 e. The number of nitrogens with zero attached hydrogens (tertiary/aromatic N) is 2. The Bertz CT molecular complexity index is 938. The summed E-state index contributed by atoms with van der Waals surface area (Å²) in [5, 5.41) is 3.07. The number of thioether (sulfide) groups is 1. The topological polar surface area (TPSA) is 86.5 Å². The fraction of sp³-hybridized carbons (Fsp3) is 0.167. The number of amides is 1. The Morgan fingerprint density at radius 3 is 2.86 bits per heavy atom. The number of aromatic nitrogens is 2. The molecule has 10 heteroatoms. The van der Waals surface area contributed by atoms with Crippen molar-refractivity contribution in [1.82, 2.24) is 9.97 Å². The molecule has 0 atom stereocenters. The monoisotopic (exact) mass is 407 g/mol. The van der Waals surface area contributed by atoms with E-state index in [-0.39, 0.29) is 23.2 Å². The van der Waals surface area contributed by atoms with E-state index in [1.54, 1.807) is 30.7 Å². The van der Waals surface area contributed by atoms with Crippen molar-refractivity contribution in [2.24, 2.45) is 0 Å². The lowest BCUT2D eigenvalue weighted by Gasteiger charge is -2.12. The van der Waals surface area contributed by atoms with Crippen LogP contribution in [0, 0.1) is 0 Å². The van der Waals surface area contributed by atoms with Crippen LogP contribution in [0.4, 0.5) is 14.5 Å². The molecule has 0 saturated carbocycles. The first-order chi connectivity index (χ1) is 13.5. The van der Waals surface area contributed by atoms with E-state index in [0.29, 0.717) is 22.3 Å². The third-order valence-corrected chi connectivity index (χ3v) is 4.26. The molecule has 1 aromatic carbocycles. The van der Waals surface area contributed by atoms with Gasteiger partial charge in [0.2, 0.25) is 5.91 Å². The van der Waals surface area contributed by atoms with Crippen LogP contribution < -0.4 is 14.8 Å². The number of alkyl halides is 2. The van der Waals surface area contributed by atoms with E-state index < -0.39 is 6.61 Å². The number of hydrogen-bond donors (Lipinski definition) is 1. The van der Waals surface area contributed by atoms with Gasteiger partial charge in [-0.05, 0) is 30.3 Å². The van der Waals surface area contributed by atoms with Crippen LogP contribution in [0.3, 0.4) is 0 Å². The van der Waals surface area contributed by atoms with Crippen LogP contribution >= 0.6 is 11.8 Å². The Labute approximate surface area is 163 Å². The van der Waals surface area contributed by atoms with Gasteiger partial charge in [-0.3, -0.25) is 4.79 Å². The van der Waals surface area contributed by atoms with Crippen molar-refractivity contribution < 1.29 is 27.5 Å². The number of benzene rings is 1. The van der Waals surface area contributed by atoms with E-state index in [4.69, 9.17) is 9.15 Å². The van der Waals surface area contributed by atoms with Crippen molar-refractivity contribution >= 4 is 23.4 Å². The van der Waals surface area contributed by atoms with E-state index in [1.165, 1.54) is 25.3 Å². The van der Waals surface area contributed by atoms with Crippen molar-refractivity contribution in [2.75, 3.05) is 18.2 Å². The molecule has 0 aliphatic heterocycles. The molecule has 3 rings (SSSR count). The van der Waals surface area contributed by atoms with Crippen LogP contribution in [-0.2, 0) is 4.79 Å². The molecule has 0 spiro atoms. The molecule has 0 bridgehead atoms. The highest BCUT2D eigenvalue weighted by atomic mass is 32.2. The second kappa shape index (κ2) is 9.18. The van der Waals surface area contributed by atoms with Crippen molar-refractivity contribution in [1.29, 1.82) is 0 Å². The summed E-state index contributed by atoms with van der Waals surface area (Å²) in [5.41, 5.74) is 0.997. The van der Waals surface area contributed by atoms with E-state index in [0.717, 1.165) is 11.8 Å². The van der Waals surface area contributed by atoms with Gasteiger partial charge in [-0.1, -0.05) is 11.8 Å². The maximum Gasteiger partial charge on any atom is 0.387 e. The molecule has 0 saturated heterocycles. The molecule has 7 nitrogen and oxygen atoms in total. The molecule has 0 aliphatic rings. The van der Waals surface area contributed by atoms with Crippen LogP contribution in [0.15, 0.2) is 58.4 Å². The zero-order chi connectivity index (χ0) is 19.9. The summed E-state index contributed by atoms with van der Waals surface area (Å²) in [4.78, 5) is 20.6. The standard InChI is InChI=1S/C18H15F2N3O4S/c1-25-15-9-11(4-5-14(15)27-17(19)20)22-16(24)10-28-18-21-7-6-12(23-18)13-3-2-8-26-13/h2-9,17H,10H2,1H3,(H,22,24). The predicted octanol–water partition coefficient (Wildman–Crippen LogP) is 4.08. The average Bonchev–Trinajstić information content (AvgIpc) is 3.22. The van der Waals surface area contributed by atoms with Crippen LogP contribution in [-0.4, -0.2) is 35.3 Å². The Morgan fingerprint density at radius 1 is 1.29 bits per heavy atom. The molecule has 2 aromatic heterocycles. The molecule has 0 aliphatic carbocycles. The van der Waals surface area contributed by atoms with Crippen LogP contribution in [0.1, 0.15) is 0 Å². The minimum Gasteiger partial charge on any atom is -0.493 e. The van der Waals surface area contributed by atoms with Gasteiger partial charge >= 0.3 is 6.61 Å². The largest absolute Gasteiger partial charge is 0.493 e. The van der Waals surface area contributed by atoms with E-state index in [9.17, 15) is 13.6 Å². The molecular weight excluding hydrogens is 392 g/mol. The zero-order valence-corrected chi connectivity index (χ0v) is 15.4. The number of ether oxygens (including phenoxy) is 2. The zero-order valence-electron chi connectivity index (χ0n) is 14.6. The normalized spacial score (nSPS) is 10.7. The average molecular weight is 407 g/mol. The molecule has 0 fully saturated rings. The Morgan fingerprint density at radius 2 is 2.14 bits per heavy atom. The maximum atomic E-state index is 12.4. The molecule has 3 aromatic rings. The number of nitrogens with one attached hydrogen (secondary N) is 1. The highest BCUT2D eigenvalue weighted by Gasteiger charge is 2.13. The lowest BCUT2D eigenvalue weighted by molar-refractivity contribution is -0.113. The van der Waals surface area contributed by atoms with Crippen molar-refractivity contribution in [3.63, 3.8) is 0 Å². The van der Waals surface area contributed by atoms with Gasteiger partial charge in [0.25, 0.3) is 0 Å². The van der Waals surface area contributed by atoms with E-state index in [1.807, 2.05) is 0 Å². The summed E-state index contributed by atoms with van der Waals surface area (Å²) in [5.74, 6) is 0.306. The van der Waals surface area contributed by atoms with Gasteiger partial charge in [0.15, 0.2) is 22.4 Å². The van der Waals surface area contributed by atoms with Crippen LogP contribution in [0.25, 0.3) is 11.5 Å². The van der Waals surface area contributed by atoms with Gasteiger partial charge in [-0.25, -0.2) is 9.97 Å². The molecular formula is C18H15F2N3O4S. The summed E-state index contributed by atoms with van der Waals surface area (Å²) in [6, 6.07) is 9.37. The Balaban J connectivity index is 1.59.